The molecule has 116 valence electrons. The number of carboxylic acids is 1. The molecule has 2 nitrogen and oxygen atoms in total. The molecule has 6 heteroatoms. The Hall–Kier alpha value is -2.37. The highest BCUT2D eigenvalue weighted by Gasteiger charge is 2.30. The Morgan fingerprint density at radius 3 is 2.00 bits per heavy atom. The van der Waals surface area contributed by atoms with Gasteiger partial charge in [-0.3, -0.25) is 4.79 Å². The third kappa shape index (κ3) is 3.84. The number of hydrogen-bond acceptors (Lipinski definition) is 1. The molecule has 0 aliphatic rings. The molecule has 1 unspecified atom stereocenters. The Morgan fingerprint density at radius 2 is 1.55 bits per heavy atom. The highest BCUT2D eigenvalue weighted by atomic mass is 19.4. The van der Waals surface area contributed by atoms with Crippen LogP contribution in [0.2, 0.25) is 0 Å². The maximum absolute atomic E-state index is 12.9. The van der Waals surface area contributed by atoms with Crippen molar-refractivity contribution in [3.8, 4) is 0 Å². The van der Waals surface area contributed by atoms with Crippen LogP contribution in [-0.2, 0) is 17.4 Å². The molecule has 0 saturated heterocycles. The summed E-state index contributed by atoms with van der Waals surface area (Å²) in [5.41, 5.74) is 0.0726. The summed E-state index contributed by atoms with van der Waals surface area (Å²) in [4.78, 5) is 11.3. The molecule has 2 rings (SSSR count). The summed E-state index contributed by atoms with van der Waals surface area (Å²) in [6.45, 7) is 0. The molecule has 0 aliphatic heterocycles. The summed E-state index contributed by atoms with van der Waals surface area (Å²) in [5.74, 6) is -2.55. The molecule has 0 aromatic heterocycles. The quantitative estimate of drug-likeness (QED) is 0.857. The summed E-state index contributed by atoms with van der Waals surface area (Å²) in [7, 11) is 0. The van der Waals surface area contributed by atoms with Gasteiger partial charge in [0.2, 0.25) is 0 Å². The van der Waals surface area contributed by atoms with Crippen molar-refractivity contribution in [3.05, 3.63) is 71.0 Å². The smallest absolute Gasteiger partial charge is 0.416 e. The van der Waals surface area contributed by atoms with E-state index in [-0.39, 0.29) is 6.42 Å². The second kappa shape index (κ2) is 6.17. The molecular weight excluding hydrogens is 300 g/mol. The Labute approximate surface area is 124 Å². The highest BCUT2D eigenvalue weighted by Crippen LogP contribution is 2.30. The van der Waals surface area contributed by atoms with Crippen LogP contribution in [0.3, 0.4) is 0 Å². The molecule has 0 aliphatic carbocycles. The van der Waals surface area contributed by atoms with Crippen LogP contribution in [0.5, 0.6) is 0 Å². The standard InChI is InChI=1S/C16H12F4O2/c17-13-7-3-11(4-8-13)14(15(21)22)9-10-1-5-12(6-2-10)16(18,19)20/h1-8,14H,9H2,(H,21,22). The summed E-state index contributed by atoms with van der Waals surface area (Å²) in [5, 5.41) is 9.27. The van der Waals surface area contributed by atoms with Gasteiger partial charge in [0.15, 0.2) is 0 Å². The van der Waals surface area contributed by atoms with Crippen molar-refractivity contribution in [3.63, 3.8) is 0 Å². The van der Waals surface area contributed by atoms with Gasteiger partial charge in [0.25, 0.3) is 0 Å². The van der Waals surface area contributed by atoms with E-state index in [1.54, 1.807) is 0 Å². The minimum absolute atomic E-state index is 0.0269. The molecule has 0 saturated carbocycles. The zero-order chi connectivity index (χ0) is 16.3. The van der Waals surface area contributed by atoms with Gasteiger partial charge in [-0.05, 0) is 41.8 Å². The van der Waals surface area contributed by atoms with Gasteiger partial charge >= 0.3 is 12.1 Å². The molecule has 1 N–H and O–H groups in total. The summed E-state index contributed by atoms with van der Waals surface area (Å²) < 4.78 is 50.3. The first-order valence-electron chi connectivity index (χ1n) is 6.42. The average Bonchev–Trinajstić information content (AvgIpc) is 2.45. The molecule has 1 atom stereocenters. The lowest BCUT2D eigenvalue weighted by Crippen LogP contribution is -2.14. The summed E-state index contributed by atoms with van der Waals surface area (Å²) >= 11 is 0. The minimum Gasteiger partial charge on any atom is -0.481 e. The Balaban J connectivity index is 2.21. The molecule has 0 amide bonds. The van der Waals surface area contributed by atoms with Crippen LogP contribution in [0, 0.1) is 5.82 Å². The predicted octanol–water partition coefficient (Wildman–Crippen LogP) is 4.26. The number of hydrogen-bond donors (Lipinski definition) is 1. The van der Waals surface area contributed by atoms with Gasteiger partial charge in [0.05, 0.1) is 11.5 Å². The monoisotopic (exact) mass is 312 g/mol. The lowest BCUT2D eigenvalue weighted by atomic mass is 9.92. The zero-order valence-corrected chi connectivity index (χ0v) is 11.3. The van der Waals surface area contributed by atoms with E-state index in [0.29, 0.717) is 11.1 Å². The van der Waals surface area contributed by atoms with Gasteiger partial charge in [-0.2, -0.15) is 13.2 Å². The highest BCUT2D eigenvalue weighted by molar-refractivity contribution is 5.76. The number of benzene rings is 2. The molecule has 0 bridgehead atoms. The largest absolute Gasteiger partial charge is 0.481 e. The lowest BCUT2D eigenvalue weighted by molar-refractivity contribution is -0.139. The third-order valence-electron chi connectivity index (χ3n) is 3.29. The van der Waals surface area contributed by atoms with E-state index in [4.69, 9.17) is 0 Å². The Morgan fingerprint density at radius 1 is 1.00 bits per heavy atom. The van der Waals surface area contributed by atoms with Crippen molar-refractivity contribution in [1.82, 2.24) is 0 Å². The van der Waals surface area contributed by atoms with E-state index in [1.165, 1.54) is 24.3 Å². The molecular formula is C16H12F4O2. The van der Waals surface area contributed by atoms with Gasteiger partial charge in [0, 0.05) is 0 Å². The second-order valence-corrected chi connectivity index (χ2v) is 4.84. The van der Waals surface area contributed by atoms with Crippen LogP contribution in [-0.4, -0.2) is 11.1 Å². The van der Waals surface area contributed by atoms with Gasteiger partial charge in [-0.25, -0.2) is 4.39 Å². The number of aliphatic carboxylic acids is 1. The normalized spacial score (nSPS) is 12.9. The molecule has 0 fully saturated rings. The van der Waals surface area contributed by atoms with E-state index in [1.807, 2.05) is 0 Å². The number of halogens is 4. The fourth-order valence-electron chi connectivity index (χ4n) is 2.11. The number of rotatable bonds is 4. The molecule has 2 aromatic carbocycles. The SMILES string of the molecule is O=C(O)C(Cc1ccc(C(F)(F)F)cc1)c1ccc(F)cc1. The van der Waals surface area contributed by atoms with E-state index < -0.39 is 29.4 Å². The zero-order valence-electron chi connectivity index (χ0n) is 11.3. The Kier molecular flexibility index (Phi) is 4.49. The molecule has 0 heterocycles. The average molecular weight is 312 g/mol. The van der Waals surface area contributed by atoms with E-state index in [9.17, 15) is 27.5 Å². The van der Waals surface area contributed by atoms with Crippen LogP contribution in [0.15, 0.2) is 48.5 Å². The maximum atomic E-state index is 12.9. The van der Waals surface area contributed by atoms with E-state index >= 15 is 0 Å². The number of carbonyl (C=O) groups is 1. The van der Waals surface area contributed by atoms with Crippen LogP contribution in [0.25, 0.3) is 0 Å². The van der Waals surface area contributed by atoms with Crippen LogP contribution < -0.4 is 0 Å². The van der Waals surface area contributed by atoms with Gasteiger partial charge in [-0.15, -0.1) is 0 Å². The van der Waals surface area contributed by atoms with Crippen LogP contribution in [0.4, 0.5) is 17.6 Å². The van der Waals surface area contributed by atoms with Crippen molar-refractivity contribution in [2.75, 3.05) is 0 Å². The van der Waals surface area contributed by atoms with Crippen molar-refractivity contribution in [2.24, 2.45) is 0 Å². The van der Waals surface area contributed by atoms with Crippen molar-refractivity contribution < 1.29 is 27.5 Å². The summed E-state index contributed by atoms with van der Waals surface area (Å²) in [6, 6.07) is 9.36. The first kappa shape index (κ1) is 16.0. The third-order valence-corrected chi connectivity index (χ3v) is 3.29. The second-order valence-electron chi connectivity index (χ2n) is 4.84. The number of alkyl halides is 3. The first-order chi connectivity index (χ1) is 10.3. The maximum Gasteiger partial charge on any atom is 0.416 e. The van der Waals surface area contributed by atoms with Gasteiger partial charge < -0.3 is 5.11 Å². The molecule has 0 radical (unpaired) electrons. The molecule has 2 aromatic rings. The Bertz CT molecular complexity index is 645. The lowest BCUT2D eigenvalue weighted by Gasteiger charge is -2.14. The van der Waals surface area contributed by atoms with Crippen molar-refractivity contribution in [2.45, 2.75) is 18.5 Å². The van der Waals surface area contributed by atoms with Gasteiger partial charge in [0.1, 0.15) is 5.82 Å². The van der Waals surface area contributed by atoms with Gasteiger partial charge in [-0.1, -0.05) is 24.3 Å². The summed E-state index contributed by atoms with van der Waals surface area (Å²) in [6.07, 6.45) is -4.40. The first-order valence-corrected chi connectivity index (χ1v) is 6.42. The number of carboxylic acid groups (broad SMARTS) is 1. The van der Waals surface area contributed by atoms with Crippen LogP contribution >= 0.6 is 0 Å². The molecule has 0 spiro atoms. The fourth-order valence-corrected chi connectivity index (χ4v) is 2.11. The van der Waals surface area contributed by atoms with Crippen molar-refractivity contribution in [1.29, 1.82) is 0 Å². The van der Waals surface area contributed by atoms with E-state index in [2.05, 4.69) is 0 Å². The predicted molar refractivity (Wildman–Crippen MR) is 71.9 cm³/mol. The fraction of sp³-hybridized carbons (Fsp3) is 0.188. The van der Waals surface area contributed by atoms with Crippen molar-refractivity contribution >= 4 is 5.97 Å². The van der Waals surface area contributed by atoms with Crippen LogP contribution in [0.1, 0.15) is 22.6 Å². The minimum atomic E-state index is -4.43. The molecule has 22 heavy (non-hydrogen) atoms. The topological polar surface area (TPSA) is 37.3 Å². The van der Waals surface area contributed by atoms with E-state index in [0.717, 1.165) is 24.3 Å².